The Labute approximate surface area is 205 Å². The van der Waals surface area contributed by atoms with E-state index in [1.54, 1.807) is 29.1 Å². The first-order valence-electron chi connectivity index (χ1n) is 10.6. The van der Waals surface area contributed by atoms with Gasteiger partial charge in [0.1, 0.15) is 5.69 Å². The van der Waals surface area contributed by atoms with E-state index < -0.39 is 5.91 Å². The Bertz CT molecular complexity index is 1350. The molecule has 2 amide bonds. The number of benzene rings is 3. The third-order valence-electron chi connectivity index (χ3n) is 4.94. The molecule has 1 heterocycles. The number of hydrogen-bond acceptors (Lipinski definition) is 4. The molecule has 3 aromatic carbocycles. The van der Waals surface area contributed by atoms with Gasteiger partial charge in [-0.05, 0) is 43.3 Å². The molecule has 8 heteroatoms. The number of hydrogen-bond donors (Lipinski definition) is 2. The van der Waals surface area contributed by atoms with Gasteiger partial charge in [0.25, 0.3) is 11.8 Å². The zero-order valence-corrected chi connectivity index (χ0v) is 20.0. The number of aryl methyl sites for hydroxylation is 1. The summed E-state index contributed by atoms with van der Waals surface area (Å²) in [6.45, 7) is 1.82. The molecule has 0 aliphatic rings. The molecular formula is C26H22BrN5O2. The smallest absolute Gasteiger partial charge is 0.259 e. The molecule has 0 bridgehead atoms. The first kappa shape index (κ1) is 23.1. The van der Waals surface area contributed by atoms with Crippen LogP contribution in [0.2, 0.25) is 0 Å². The summed E-state index contributed by atoms with van der Waals surface area (Å²) >= 11 is 3.32. The molecular weight excluding hydrogens is 494 g/mol. The largest absolute Gasteiger partial charge is 0.343 e. The Morgan fingerprint density at radius 1 is 1.03 bits per heavy atom. The van der Waals surface area contributed by atoms with E-state index in [-0.39, 0.29) is 12.5 Å². The number of carbonyl (C=O) groups excluding carboxylic acids is 2. The van der Waals surface area contributed by atoms with Crippen molar-refractivity contribution in [3.8, 4) is 16.9 Å². The van der Waals surface area contributed by atoms with Gasteiger partial charge in [-0.3, -0.25) is 9.59 Å². The lowest BCUT2D eigenvalue weighted by Gasteiger charge is -2.04. The number of halogens is 1. The molecule has 4 aromatic rings. The standard InChI is InChI=1S/C26H22BrN5O2/c1-18-7-5-8-19(13-18)25-21(17-32(31-25)23-11-3-2-4-12-23)15-29-30-24(33)16-28-26(34)20-9-6-10-22(27)14-20/h2-15,17H,16H2,1H3,(H,28,34)(H,30,33). The topological polar surface area (TPSA) is 88.4 Å². The number of nitrogens with zero attached hydrogens (tertiary/aromatic N) is 3. The molecule has 0 atom stereocenters. The highest BCUT2D eigenvalue weighted by Gasteiger charge is 2.12. The van der Waals surface area contributed by atoms with E-state index >= 15 is 0 Å². The van der Waals surface area contributed by atoms with Crippen LogP contribution in [0.25, 0.3) is 16.9 Å². The van der Waals surface area contributed by atoms with Crippen LogP contribution in [-0.4, -0.2) is 34.4 Å². The van der Waals surface area contributed by atoms with Gasteiger partial charge in [-0.2, -0.15) is 10.2 Å². The van der Waals surface area contributed by atoms with Crippen molar-refractivity contribution in [2.24, 2.45) is 5.10 Å². The predicted octanol–water partition coefficient (Wildman–Crippen LogP) is 4.49. The van der Waals surface area contributed by atoms with Crippen molar-refractivity contribution in [3.63, 3.8) is 0 Å². The van der Waals surface area contributed by atoms with Crippen LogP contribution in [0, 0.1) is 6.92 Å². The lowest BCUT2D eigenvalue weighted by Crippen LogP contribution is -2.34. The average molecular weight is 516 g/mol. The van der Waals surface area contributed by atoms with Crippen molar-refractivity contribution >= 4 is 34.0 Å². The number of aromatic nitrogens is 2. The van der Waals surface area contributed by atoms with Gasteiger partial charge in [0.15, 0.2) is 0 Å². The van der Waals surface area contributed by atoms with Crippen molar-refractivity contribution in [2.45, 2.75) is 6.92 Å². The molecule has 0 saturated carbocycles. The van der Waals surface area contributed by atoms with Gasteiger partial charge in [0.2, 0.25) is 0 Å². The summed E-state index contributed by atoms with van der Waals surface area (Å²) in [5.41, 5.74) is 7.38. The molecule has 34 heavy (non-hydrogen) atoms. The van der Waals surface area contributed by atoms with Crippen LogP contribution in [-0.2, 0) is 4.79 Å². The molecule has 0 unspecified atom stereocenters. The zero-order valence-electron chi connectivity index (χ0n) is 18.4. The Morgan fingerprint density at radius 2 is 1.82 bits per heavy atom. The lowest BCUT2D eigenvalue weighted by atomic mass is 10.1. The monoisotopic (exact) mass is 515 g/mol. The van der Waals surface area contributed by atoms with Crippen LogP contribution in [0.5, 0.6) is 0 Å². The minimum Gasteiger partial charge on any atom is -0.343 e. The highest BCUT2D eigenvalue weighted by molar-refractivity contribution is 9.10. The molecule has 0 aliphatic heterocycles. The molecule has 0 radical (unpaired) electrons. The van der Waals surface area contributed by atoms with Crippen molar-refractivity contribution in [3.05, 3.63) is 106 Å². The molecule has 0 aliphatic carbocycles. The van der Waals surface area contributed by atoms with Gasteiger partial charge >= 0.3 is 0 Å². The van der Waals surface area contributed by atoms with Gasteiger partial charge in [-0.15, -0.1) is 0 Å². The maximum Gasteiger partial charge on any atom is 0.259 e. The zero-order chi connectivity index (χ0) is 23.9. The maximum absolute atomic E-state index is 12.2. The molecule has 0 fully saturated rings. The van der Waals surface area contributed by atoms with Crippen LogP contribution >= 0.6 is 15.9 Å². The second kappa shape index (κ2) is 10.7. The Balaban J connectivity index is 1.46. The number of para-hydroxylation sites is 1. The molecule has 170 valence electrons. The van der Waals surface area contributed by atoms with Crippen LogP contribution in [0.3, 0.4) is 0 Å². The Morgan fingerprint density at radius 3 is 2.59 bits per heavy atom. The summed E-state index contributed by atoms with van der Waals surface area (Å²) in [5.74, 6) is -0.779. The van der Waals surface area contributed by atoms with Gasteiger partial charge in [0.05, 0.1) is 18.4 Å². The fraction of sp³-hybridized carbons (Fsp3) is 0.0769. The van der Waals surface area contributed by atoms with E-state index in [4.69, 9.17) is 5.10 Å². The number of nitrogens with one attached hydrogen (secondary N) is 2. The van der Waals surface area contributed by atoms with E-state index in [0.717, 1.165) is 32.5 Å². The second-order valence-electron chi connectivity index (χ2n) is 7.57. The Kier molecular flexibility index (Phi) is 7.29. The minimum absolute atomic E-state index is 0.198. The second-order valence-corrected chi connectivity index (χ2v) is 8.48. The summed E-state index contributed by atoms with van der Waals surface area (Å²) in [6, 6.07) is 24.7. The van der Waals surface area contributed by atoms with Crippen LogP contribution in [0.4, 0.5) is 0 Å². The van der Waals surface area contributed by atoms with Crippen molar-refractivity contribution in [2.75, 3.05) is 6.54 Å². The van der Waals surface area contributed by atoms with Gasteiger partial charge in [-0.1, -0.05) is 64.0 Å². The summed E-state index contributed by atoms with van der Waals surface area (Å²) in [7, 11) is 0. The van der Waals surface area contributed by atoms with Crippen molar-refractivity contribution in [1.29, 1.82) is 0 Å². The fourth-order valence-electron chi connectivity index (χ4n) is 3.32. The van der Waals surface area contributed by atoms with E-state index in [9.17, 15) is 9.59 Å². The summed E-state index contributed by atoms with van der Waals surface area (Å²) in [5, 5.41) is 11.4. The number of hydrazone groups is 1. The number of carbonyl (C=O) groups is 2. The summed E-state index contributed by atoms with van der Waals surface area (Å²) in [4.78, 5) is 24.4. The van der Waals surface area contributed by atoms with Gasteiger partial charge < -0.3 is 5.32 Å². The van der Waals surface area contributed by atoms with Crippen molar-refractivity contribution < 1.29 is 9.59 Å². The van der Waals surface area contributed by atoms with E-state index in [1.165, 1.54) is 0 Å². The molecule has 0 saturated heterocycles. The van der Waals surface area contributed by atoms with Crippen LogP contribution in [0.15, 0.2) is 94.6 Å². The van der Waals surface area contributed by atoms with Crippen LogP contribution in [0.1, 0.15) is 21.5 Å². The van der Waals surface area contributed by atoms with Crippen LogP contribution < -0.4 is 10.7 Å². The molecule has 1 aromatic heterocycles. The first-order chi connectivity index (χ1) is 16.5. The molecule has 0 spiro atoms. The lowest BCUT2D eigenvalue weighted by molar-refractivity contribution is -0.120. The predicted molar refractivity (Wildman–Crippen MR) is 136 cm³/mol. The third kappa shape index (κ3) is 5.85. The highest BCUT2D eigenvalue weighted by Crippen LogP contribution is 2.23. The SMILES string of the molecule is Cc1cccc(-c2nn(-c3ccccc3)cc2C=NNC(=O)CNC(=O)c2cccc(Br)c2)c1. The highest BCUT2D eigenvalue weighted by atomic mass is 79.9. The molecule has 7 nitrogen and oxygen atoms in total. The fourth-order valence-corrected chi connectivity index (χ4v) is 3.72. The van der Waals surface area contributed by atoms with E-state index in [2.05, 4.69) is 31.8 Å². The third-order valence-corrected chi connectivity index (χ3v) is 5.44. The quantitative estimate of drug-likeness (QED) is 0.280. The first-order valence-corrected chi connectivity index (χ1v) is 11.4. The van der Waals surface area contributed by atoms with Gasteiger partial charge in [0, 0.05) is 27.4 Å². The molecule has 2 N–H and O–H groups in total. The van der Waals surface area contributed by atoms with E-state index in [0.29, 0.717) is 5.56 Å². The minimum atomic E-state index is -0.438. The normalized spacial score (nSPS) is 10.9. The van der Waals surface area contributed by atoms with E-state index in [1.807, 2.05) is 73.8 Å². The summed E-state index contributed by atoms with van der Waals surface area (Å²) in [6.07, 6.45) is 3.41. The molecule has 4 rings (SSSR count). The summed E-state index contributed by atoms with van der Waals surface area (Å²) < 4.78 is 2.56. The number of rotatable bonds is 7. The van der Waals surface area contributed by atoms with Gasteiger partial charge in [-0.25, -0.2) is 10.1 Å². The van der Waals surface area contributed by atoms with Crippen molar-refractivity contribution in [1.82, 2.24) is 20.5 Å². The Hall–Kier alpha value is -4.04. The maximum atomic E-state index is 12.2. The number of amides is 2. The average Bonchev–Trinajstić information content (AvgIpc) is 3.27.